The van der Waals surface area contributed by atoms with Crippen LogP contribution in [0, 0.1) is 0 Å². The van der Waals surface area contributed by atoms with Crippen molar-refractivity contribution in [3.8, 4) is 0 Å². The first-order valence-electron chi connectivity index (χ1n) is 11.8. The molecule has 0 spiro atoms. The summed E-state index contributed by atoms with van der Waals surface area (Å²) in [4.78, 5) is 30.9. The van der Waals surface area contributed by atoms with Gasteiger partial charge in [-0.15, -0.1) is 0 Å². The van der Waals surface area contributed by atoms with Gasteiger partial charge in [0.2, 0.25) is 5.91 Å². The van der Waals surface area contributed by atoms with Crippen molar-refractivity contribution in [2.24, 2.45) is 0 Å². The van der Waals surface area contributed by atoms with Crippen molar-refractivity contribution in [2.45, 2.75) is 37.4 Å². The highest BCUT2D eigenvalue weighted by atomic mass is 16.5. The summed E-state index contributed by atoms with van der Waals surface area (Å²) >= 11 is 0. The first-order valence-corrected chi connectivity index (χ1v) is 11.8. The molecule has 5 heteroatoms. The quantitative estimate of drug-likeness (QED) is 0.492. The maximum absolute atomic E-state index is 14.0. The second kappa shape index (κ2) is 11.1. The zero-order valence-electron chi connectivity index (χ0n) is 19.8. The van der Waals surface area contributed by atoms with Gasteiger partial charge < -0.3 is 9.64 Å². The van der Waals surface area contributed by atoms with Gasteiger partial charge in [-0.25, -0.2) is 4.79 Å². The second-order valence-electron chi connectivity index (χ2n) is 8.90. The van der Waals surface area contributed by atoms with Crippen molar-refractivity contribution in [1.82, 2.24) is 9.80 Å². The molecule has 3 aromatic rings. The molecule has 1 fully saturated rings. The standard InChI is InChI=1S/C29H32N2O3/c1-30(21-22-12-6-3-7-13-22)25-18-19-31(26(20-25)29(33)34-2)28(32)27(23-14-8-4-9-15-23)24-16-10-5-11-17-24/h3-17,25-27H,18-21H2,1-2H3. The van der Waals surface area contributed by atoms with Crippen LogP contribution in [0.3, 0.4) is 0 Å². The highest BCUT2D eigenvalue weighted by Crippen LogP contribution is 2.31. The summed E-state index contributed by atoms with van der Waals surface area (Å²) < 4.78 is 5.16. The van der Waals surface area contributed by atoms with E-state index in [1.54, 1.807) is 4.90 Å². The lowest BCUT2D eigenvalue weighted by atomic mass is 9.87. The van der Waals surface area contributed by atoms with E-state index in [1.807, 2.05) is 78.9 Å². The summed E-state index contributed by atoms with van der Waals surface area (Å²) in [6.07, 6.45) is 1.36. The van der Waals surface area contributed by atoms with Crippen molar-refractivity contribution in [3.05, 3.63) is 108 Å². The fraction of sp³-hybridized carbons (Fsp3) is 0.310. The SMILES string of the molecule is COC(=O)C1CC(N(C)Cc2ccccc2)CCN1C(=O)C(c1ccccc1)c1ccccc1. The van der Waals surface area contributed by atoms with Crippen molar-refractivity contribution < 1.29 is 14.3 Å². The predicted octanol–water partition coefficient (Wildman–Crippen LogP) is 4.48. The highest BCUT2D eigenvalue weighted by Gasteiger charge is 2.41. The molecule has 1 aliphatic rings. The molecule has 0 bridgehead atoms. The first-order chi connectivity index (χ1) is 16.6. The lowest BCUT2D eigenvalue weighted by Crippen LogP contribution is -2.55. The fourth-order valence-corrected chi connectivity index (χ4v) is 4.91. The summed E-state index contributed by atoms with van der Waals surface area (Å²) in [5.74, 6) is -0.879. The molecule has 2 atom stereocenters. The van der Waals surface area contributed by atoms with E-state index in [-0.39, 0.29) is 17.9 Å². The summed E-state index contributed by atoms with van der Waals surface area (Å²) in [7, 11) is 3.48. The third-order valence-electron chi connectivity index (χ3n) is 6.74. The van der Waals surface area contributed by atoms with Crippen LogP contribution >= 0.6 is 0 Å². The van der Waals surface area contributed by atoms with E-state index in [0.29, 0.717) is 13.0 Å². The zero-order chi connectivity index (χ0) is 23.9. The number of methoxy groups -OCH3 is 1. The number of nitrogens with zero attached hydrogens (tertiary/aromatic N) is 2. The number of piperidine rings is 1. The predicted molar refractivity (Wildman–Crippen MR) is 133 cm³/mol. The Labute approximate surface area is 202 Å². The van der Waals surface area contributed by atoms with Gasteiger partial charge in [0.1, 0.15) is 6.04 Å². The van der Waals surface area contributed by atoms with E-state index in [9.17, 15) is 9.59 Å². The van der Waals surface area contributed by atoms with E-state index >= 15 is 0 Å². The lowest BCUT2D eigenvalue weighted by molar-refractivity contribution is -0.156. The molecule has 2 unspecified atom stereocenters. The molecule has 0 radical (unpaired) electrons. The van der Waals surface area contributed by atoms with Crippen molar-refractivity contribution in [2.75, 3.05) is 20.7 Å². The average molecular weight is 457 g/mol. The Morgan fingerprint density at radius 2 is 1.44 bits per heavy atom. The number of hydrogen-bond acceptors (Lipinski definition) is 4. The van der Waals surface area contributed by atoms with E-state index in [4.69, 9.17) is 4.74 Å². The van der Waals surface area contributed by atoms with Crippen LogP contribution in [-0.2, 0) is 20.9 Å². The molecule has 0 saturated carbocycles. The van der Waals surface area contributed by atoms with Gasteiger partial charge in [0.15, 0.2) is 0 Å². The van der Waals surface area contributed by atoms with Crippen LogP contribution in [0.5, 0.6) is 0 Å². The Morgan fingerprint density at radius 3 is 1.97 bits per heavy atom. The van der Waals surface area contributed by atoms with Crippen molar-refractivity contribution in [1.29, 1.82) is 0 Å². The van der Waals surface area contributed by atoms with Gasteiger partial charge in [-0.05, 0) is 36.6 Å². The van der Waals surface area contributed by atoms with Crippen LogP contribution in [0.4, 0.5) is 0 Å². The summed E-state index contributed by atoms with van der Waals surface area (Å²) in [5.41, 5.74) is 3.07. The van der Waals surface area contributed by atoms with Gasteiger partial charge in [0.25, 0.3) is 0 Å². The number of benzene rings is 3. The summed E-state index contributed by atoms with van der Waals surface area (Å²) in [6, 6.07) is 29.4. The van der Waals surface area contributed by atoms with Gasteiger partial charge in [0, 0.05) is 19.1 Å². The third kappa shape index (κ3) is 5.37. The van der Waals surface area contributed by atoms with E-state index in [1.165, 1.54) is 12.7 Å². The average Bonchev–Trinajstić information content (AvgIpc) is 2.89. The highest BCUT2D eigenvalue weighted by molar-refractivity contribution is 5.91. The number of ether oxygens (including phenoxy) is 1. The Balaban J connectivity index is 1.58. The van der Waals surface area contributed by atoms with Crippen molar-refractivity contribution >= 4 is 11.9 Å². The number of likely N-dealkylation sites (tertiary alicyclic amines) is 1. The molecule has 1 saturated heterocycles. The topological polar surface area (TPSA) is 49.9 Å². The van der Waals surface area contributed by atoms with Crippen LogP contribution in [0.1, 0.15) is 35.4 Å². The number of hydrogen-bond donors (Lipinski definition) is 0. The largest absolute Gasteiger partial charge is 0.467 e. The number of carbonyl (C=O) groups is 2. The van der Waals surface area contributed by atoms with Crippen LogP contribution in [0.2, 0.25) is 0 Å². The number of amides is 1. The molecule has 5 nitrogen and oxygen atoms in total. The summed E-state index contributed by atoms with van der Waals surface area (Å²) in [6.45, 7) is 1.31. The normalized spacial score (nSPS) is 18.2. The molecule has 0 aromatic heterocycles. The summed E-state index contributed by atoms with van der Waals surface area (Å²) in [5, 5.41) is 0. The zero-order valence-corrected chi connectivity index (χ0v) is 19.8. The van der Waals surface area contributed by atoms with E-state index in [2.05, 4.69) is 24.1 Å². The number of esters is 1. The molecule has 1 amide bonds. The van der Waals surface area contributed by atoms with Crippen LogP contribution in [-0.4, -0.2) is 54.5 Å². The third-order valence-corrected chi connectivity index (χ3v) is 6.74. The minimum Gasteiger partial charge on any atom is -0.467 e. The van der Waals surface area contributed by atoms with Crippen molar-refractivity contribution in [3.63, 3.8) is 0 Å². The molecular formula is C29H32N2O3. The smallest absolute Gasteiger partial charge is 0.328 e. The number of rotatable bonds is 7. The number of carbonyl (C=O) groups excluding carboxylic acids is 2. The molecule has 1 heterocycles. The molecule has 0 N–H and O–H groups in total. The Bertz CT molecular complexity index is 1030. The molecule has 4 rings (SSSR count). The molecule has 1 aliphatic heterocycles. The van der Waals surface area contributed by atoms with E-state index < -0.39 is 12.0 Å². The Hall–Kier alpha value is -3.44. The lowest BCUT2D eigenvalue weighted by Gasteiger charge is -2.42. The maximum Gasteiger partial charge on any atom is 0.328 e. The van der Waals surface area contributed by atoms with Crippen LogP contribution in [0.15, 0.2) is 91.0 Å². The fourth-order valence-electron chi connectivity index (χ4n) is 4.91. The molecule has 176 valence electrons. The first kappa shape index (κ1) is 23.7. The van der Waals surface area contributed by atoms with Gasteiger partial charge in [0.05, 0.1) is 13.0 Å². The van der Waals surface area contributed by atoms with Gasteiger partial charge in [-0.3, -0.25) is 9.69 Å². The second-order valence-corrected chi connectivity index (χ2v) is 8.90. The van der Waals surface area contributed by atoms with Gasteiger partial charge in [-0.2, -0.15) is 0 Å². The molecule has 0 aliphatic carbocycles. The van der Waals surface area contributed by atoms with Crippen LogP contribution in [0.25, 0.3) is 0 Å². The molecular weight excluding hydrogens is 424 g/mol. The molecule has 3 aromatic carbocycles. The van der Waals surface area contributed by atoms with Gasteiger partial charge >= 0.3 is 5.97 Å². The minimum absolute atomic E-state index is 0.0584. The molecule has 34 heavy (non-hydrogen) atoms. The maximum atomic E-state index is 14.0. The monoisotopic (exact) mass is 456 g/mol. The minimum atomic E-state index is -0.607. The van der Waals surface area contributed by atoms with E-state index in [0.717, 1.165) is 24.1 Å². The Morgan fingerprint density at radius 1 is 0.912 bits per heavy atom. The van der Waals surface area contributed by atoms with Gasteiger partial charge in [-0.1, -0.05) is 91.0 Å². The Kier molecular flexibility index (Phi) is 7.76. The van der Waals surface area contributed by atoms with Crippen LogP contribution < -0.4 is 0 Å².